The van der Waals surface area contributed by atoms with Gasteiger partial charge in [-0.1, -0.05) is 54.0 Å². The molecule has 1 N–H and O–H groups in total. The molecule has 0 spiro atoms. The fraction of sp³-hybridized carbons (Fsp3) is 0. The van der Waals surface area contributed by atoms with Gasteiger partial charge in [-0.05, 0) is 18.2 Å². The second-order valence-corrected chi connectivity index (χ2v) is 3.53. The predicted octanol–water partition coefficient (Wildman–Crippen LogP) is 3.26. The predicted molar refractivity (Wildman–Crippen MR) is 71.1 cm³/mol. The van der Waals surface area contributed by atoms with Crippen molar-refractivity contribution in [1.29, 1.82) is 0 Å². The summed E-state index contributed by atoms with van der Waals surface area (Å²) in [5.41, 5.74) is 3.47. The molecular weight excluding hydrogens is 193 g/mol. The van der Waals surface area contributed by atoms with Crippen LogP contribution in [0, 0.1) is 0 Å². The first kappa shape index (κ1) is 10.6. The molecule has 1 aliphatic heterocycles. The Balaban J connectivity index is 1.86. The molecule has 0 amide bonds. The third-order valence-corrected chi connectivity index (χ3v) is 2.33. The van der Waals surface area contributed by atoms with E-state index in [1.807, 2.05) is 42.6 Å². The molecule has 16 heavy (non-hydrogen) atoms. The Bertz CT molecular complexity index is 473. The lowest BCUT2D eigenvalue weighted by Gasteiger charge is -1.90. The summed E-state index contributed by atoms with van der Waals surface area (Å²) >= 11 is 0. The van der Waals surface area contributed by atoms with Crippen molar-refractivity contribution in [3.8, 4) is 0 Å². The molecule has 1 nitrogen and oxygen atoms in total. The van der Waals surface area contributed by atoms with Gasteiger partial charge in [0.25, 0.3) is 0 Å². The van der Waals surface area contributed by atoms with Crippen molar-refractivity contribution in [2.24, 2.45) is 0 Å². The van der Waals surface area contributed by atoms with Gasteiger partial charge >= 0.3 is 0 Å². The quantitative estimate of drug-likeness (QED) is 0.574. The summed E-state index contributed by atoms with van der Waals surface area (Å²) in [6.07, 6.45) is 16.1. The van der Waals surface area contributed by atoms with Gasteiger partial charge in [0.05, 0.1) is 0 Å². The number of allylic oxidation sites excluding steroid dienone is 8. The van der Waals surface area contributed by atoms with Gasteiger partial charge in [-0.2, -0.15) is 0 Å². The average Bonchev–Trinajstić information content (AvgIpc) is 2.95. The highest BCUT2D eigenvalue weighted by Gasteiger charge is 2.03. The molecule has 1 radical (unpaired) electrons. The maximum absolute atomic E-state index is 3.73. The topological polar surface area (TPSA) is 15.8 Å². The van der Waals surface area contributed by atoms with E-state index in [4.69, 9.17) is 0 Å². The van der Waals surface area contributed by atoms with Crippen molar-refractivity contribution in [2.45, 2.75) is 0 Å². The van der Waals surface area contributed by atoms with Gasteiger partial charge in [-0.25, -0.2) is 0 Å². The van der Waals surface area contributed by atoms with Crippen LogP contribution < -0.4 is 0 Å². The maximum atomic E-state index is 3.73. The highest BCUT2D eigenvalue weighted by Crippen LogP contribution is 2.11. The molecule has 1 aromatic heterocycles. The first-order chi connectivity index (χ1) is 7.88. The molecular formula is C14H13BN. The van der Waals surface area contributed by atoms with Crippen LogP contribution in [0.25, 0.3) is 6.08 Å². The molecule has 2 rings (SSSR count). The molecule has 77 valence electrons. The summed E-state index contributed by atoms with van der Waals surface area (Å²) in [5, 5.41) is 0. The van der Waals surface area contributed by atoms with E-state index in [2.05, 4.69) is 37.1 Å². The van der Waals surface area contributed by atoms with Gasteiger partial charge in [0.1, 0.15) is 0 Å². The minimum absolute atomic E-state index is 1.11. The van der Waals surface area contributed by atoms with Gasteiger partial charge in [0.2, 0.25) is 0 Å². The third-order valence-electron chi connectivity index (χ3n) is 2.33. The van der Waals surface area contributed by atoms with Crippen LogP contribution in [0.1, 0.15) is 5.69 Å². The maximum Gasteiger partial charge on any atom is 0.191 e. The van der Waals surface area contributed by atoms with Gasteiger partial charge < -0.3 is 4.98 Å². The van der Waals surface area contributed by atoms with Crippen molar-refractivity contribution in [3.63, 3.8) is 0 Å². The normalized spacial score (nSPS) is 15.2. The van der Waals surface area contributed by atoms with Crippen LogP contribution in [0.4, 0.5) is 0 Å². The van der Waals surface area contributed by atoms with Gasteiger partial charge in [-0.3, -0.25) is 0 Å². The van der Waals surface area contributed by atoms with Crippen molar-refractivity contribution in [2.75, 3.05) is 0 Å². The first-order valence-corrected chi connectivity index (χ1v) is 5.26. The molecule has 0 unspecified atom stereocenters. The number of aromatic nitrogens is 1. The van der Waals surface area contributed by atoms with Crippen LogP contribution in [0.15, 0.2) is 72.3 Å². The van der Waals surface area contributed by atoms with Crippen LogP contribution in [0.3, 0.4) is 0 Å². The molecule has 0 saturated carbocycles. The third kappa shape index (κ3) is 2.77. The number of H-pyrrole nitrogens is 1. The Kier molecular flexibility index (Phi) is 3.44. The lowest BCUT2D eigenvalue weighted by molar-refractivity contribution is 1.38. The monoisotopic (exact) mass is 206 g/mol. The van der Waals surface area contributed by atoms with E-state index in [0.29, 0.717) is 0 Å². The van der Waals surface area contributed by atoms with Crippen molar-refractivity contribution in [3.05, 3.63) is 78.0 Å². The molecule has 0 bridgehead atoms. The molecule has 0 aromatic carbocycles. The first-order valence-electron chi connectivity index (χ1n) is 5.26. The summed E-state index contributed by atoms with van der Waals surface area (Å²) < 4.78 is 0. The number of hydrogen-bond acceptors (Lipinski definition) is 0. The summed E-state index contributed by atoms with van der Waals surface area (Å²) in [6, 6.07) is 4.01. The Morgan fingerprint density at radius 1 is 1.12 bits per heavy atom. The van der Waals surface area contributed by atoms with Crippen LogP contribution in [0.5, 0.6) is 0 Å². The van der Waals surface area contributed by atoms with Gasteiger partial charge in [-0.15, -0.1) is 0 Å². The highest BCUT2D eigenvalue weighted by molar-refractivity contribution is 6.57. The SMILES string of the molecule is C=CC1=CC=C(/C=C/C=C/c2ccc[nH]2)[B]1. The van der Waals surface area contributed by atoms with Gasteiger partial charge in [0, 0.05) is 11.9 Å². The number of aromatic amines is 1. The smallest absolute Gasteiger partial charge is 0.191 e. The van der Waals surface area contributed by atoms with Crippen molar-refractivity contribution >= 4 is 13.4 Å². The number of rotatable bonds is 4. The summed E-state index contributed by atoms with van der Waals surface area (Å²) in [7, 11) is 2.10. The fourth-order valence-electron chi connectivity index (χ4n) is 1.49. The zero-order valence-corrected chi connectivity index (χ0v) is 9.06. The molecule has 1 aromatic rings. The minimum atomic E-state index is 1.11. The number of nitrogens with one attached hydrogen (secondary N) is 1. The fourth-order valence-corrected chi connectivity index (χ4v) is 1.49. The summed E-state index contributed by atoms with van der Waals surface area (Å²) in [5.74, 6) is 0. The minimum Gasteiger partial charge on any atom is -0.362 e. The average molecular weight is 206 g/mol. The zero-order valence-electron chi connectivity index (χ0n) is 9.06. The second-order valence-electron chi connectivity index (χ2n) is 3.53. The Labute approximate surface area is 96.8 Å². The van der Waals surface area contributed by atoms with Crippen LogP contribution >= 0.6 is 0 Å². The molecule has 0 aliphatic carbocycles. The second kappa shape index (κ2) is 5.22. The molecule has 2 heterocycles. The van der Waals surface area contributed by atoms with E-state index < -0.39 is 0 Å². The molecule has 0 atom stereocenters. The van der Waals surface area contributed by atoms with Crippen LogP contribution in [0.2, 0.25) is 0 Å². The van der Waals surface area contributed by atoms with Crippen molar-refractivity contribution < 1.29 is 0 Å². The Morgan fingerprint density at radius 3 is 2.62 bits per heavy atom. The van der Waals surface area contributed by atoms with E-state index in [9.17, 15) is 0 Å². The summed E-state index contributed by atoms with van der Waals surface area (Å²) in [6.45, 7) is 3.73. The standard InChI is InChI=1S/C14H13BN/c1-2-12-9-10-13(15-12)6-3-4-7-14-8-5-11-16-14/h2-11,16H,1H2/b6-3+,7-4+. The van der Waals surface area contributed by atoms with E-state index in [0.717, 1.165) is 11.2 Å². The Morgan fingerprint density at radius 2 is 1.94 bits per heavy atom. The summed E-state index contributed by atoms with van der Waals surface area (Å²) in [4.78, 5) is 3.12. The van der Waals surface area contributed by atoms with Crippen LogP contribution in [-0.2, 0) is 0 Å². The molecule has 2 heteroatoms. The van der Waals surface area contributed by atoms with E-state index in [1.54, 1.807) is 0 Å². The molecule has 0 saturated heterocycles. The van der Waals surface area contributed by atoms with Crippen LogP contribution in [-0.4, -0.2) is 12.3 Å². The van der Waals surface area contributed by atoms with E-state index >= 15 is 0 Å². The Hall–Kier alpha value is -1.96. The van der Waals surface area contributed by atoms with E-state index in [-0.39, 0.29) is 0 Å². The molecule has 1 aliphatic rings. The zero-order chi connectivity index (χ0) is 11.2. The largest absolute Gasteiger partial charge is 0.362 e. The lowest BCUT2D eigenvalue weighted by atomic mass is 9.66. The number of hydrogen-bond donors (Lipinski definition) is 1. The highest BCUT2D eigenvalue weighted by atomic mass is 14.7. The van der Waals surface area contributed by atoms with Gasteiger partial charge in [0.15, 0.2) is 7.28 Å². The lowest BCUT2D eigenvalue weighted by Crippen LogP contribution is -1.90. The van der Waals surface area contributed by atoms with Crippen molar-refractivity contribution in [1.82, 2.24) is 4.98 Å². The van der Waals surface area contributed by atoms with E-state index in [1.165, 1.54) is 5.47 Å². The molecule has 0 fully saturated rings.